The molecule has 2 rings (SSSR count). The van der Waals surface area contributed by atoms with Gasteiger partial charge in [-0.25, -0.2) is 4.79 Å². The second-order valence-electron chi connectivity index (χ2n) is 4.19. The number of carboxylic acids is 1. The summed E-state index contributed by atoms with van der Waals surface area (Å²) in [5.41, 5.74) is 0.969. The van der Waals surface area contributed by atoms with Gasteiger partial charge in [-0.05, 0) is 31.2 Å². The zero-order chi connectivity index (χ0) is 14.7. The molecular weight excluding hydrogens is 282 g/mol. The number of ether oxygens (including phenoxy) is 1. The summed E-state index contributed by atoms with van der Waals surface area (Å²) in [7, 11) is 1.55. The average molecular weight is 296 g/mol. The maximum atomic E-state index is 10.9. The van der Waals surface area contributed by atoms with Gasteiger partial charge in [-0.2, -0.15) is 0 Å². The maximum absolute atomic E-state index is 10.9. The van der Waals surface area contributed by atoms with Crippen molar-refractivity contribution in [2.75, 3.05) is 12.4 Å². The summed E-state index contributed by atoms with van der Waals surface area (Å²) in [5.74, 6) is 0.540. The highest BCUT2D eigenvalue weighted by Gasteiger charge is 2.13. The molecule has 0 saturated carbocycles. The van der Waals surface area contributed by atoms with E-state index in [0.717, 1.165) is 5.69 Å². The molecule has 0 aliphatic heterocycles. The van der Waals surface area contributed by atoms with Gasteiger partial charge in [0.2, 0.25) is 0 Å². The molecule has 5 nitrogen and oxygen atoms in total. The molecule has 106 valence electrons. The fourth-order valence-electron chi connectivity index (χ4n) is 1.81. The third kappa shape index (κ3) is 3.05. The molecule has 0 saturated heterocycles. The first kappa shape index (κ1) is 14.3. The van der Waals surface area contributed by atoms with Crippen LogP contribution in [0, 0.1) is 6.92 Å². The van der Waals surface area contributed by atoms with Crippen LogP contribution in [0.4, 0.5) is 5.69 Å². The number of aryl methyl sites for hydroxylation is 1. The molecule has 0 aliphatic carbocycles. The number of nitrogens with one attached hydrogen (secondary N) is 1. The van der Waals surface area contributed by atoms with E-state index in [1.54, 1.807) is 26.2 Å². The van der Waals surface area contributed by atoms with E-state index in [1.165, 1.54) is 6.07 Å². The Morgan fingerprint density at radius 3 is 2.75 bits per heavy atom. The second-order valence-corrected chi connectivity index (χ2v) is 4.60. The highest BCUT2D eigenvalue weighted by Crippen LogP contribution is 2.27. The zero-order valence-electron chi connectivity index (χ0n) is 11.1. The minimum atomic E-state index is -0.995. The minimum Gasteiger partial charge on any atom is -0.495 e. The lowest BCUT2D eigenvalue weighted by atomic mass is 10.2. The number of halogens is 1. The summed E-state index contributed by atoms with van der Waals surface area (Å²) in [6.45, 7) is 1.99. The summed E-state index contributed by atoms with van der Waals surface area (Å²) in [6.07, 6.45) is 0. The lowest BCUT2D eigenvalue weighted by Crippen LogP contribution is -1.99. The van der Waals surface area contributed by atoms with Crippen LogP contribution < -0.4 is 10.1 Å². The normalized spacial score (nSPS) is 10.3. The van der Waals surface area contributed by atoms with Crippen LogP contribution in [0.3, 0.4) is 0 Å². The first-order valence-corrected chi connectivity index (χ1v) is 6.29. The molecule has 0 atom stereocenters. The Bertz CT molecular complexity index is 636. The Kier molecular flexibility index (Phi) is 4.20. The largest absolute Gasteiger partial charge is 0.495 e. The van der Waals surface area contributed by atoms with Crippen molar-refractivity contribution in [3.8, 4) is 5.75 Å². The topological polar surface area (TPSA) is 71.7 Å². The van der Waals surface area contributed by atoms with E-state index in [1.807, 2.05) is 6.07 Å². The first-order valence-electron chi connectivity index (χ1n) is 5.91. The average Bonchev–Trinajstić information content (AvgIpc) is 2.78. The van der Waals surface area contributed by atoms with E-state index >= 15 is 0 Å². The number of furan rings is 1. The number of benzene rings is 1. The first-order chi connectivity index (χ1) is 9.51. The van der Waals surface area contributed by atoms with Crippen LogP contribution in [0.1, 0.15) is 21.9 Å². The van der Waals surface area contributed by atoms with Crippen LogP contribution in [0.2, 0.25) is 5.02 Å². The van der Waals surface area contributed by atoms with Crippen molar-refractivity contribution in [3.63, 3.8) is 0 Å². The van der Waals surface area contributed by atoms with Crippen molar-refractivity contribution in [2.45, 2.75) is 13.5 Å². The Labute approximate surface area is 121 Å². The summed E-state index contributed by atoms with van der Waals surface area (Å²) < 4.78 is 10.4. The smallest absolute Gasteiger partial charge is 0.339 e. The van der Waals surface area contributed by atoms with Gasteiger partial charge in [0, 0.05) is 5.69 Å². The molecule has 20 heavy (non-hydrogen) atoms. The van der Waals surface area contributed by atoms with Crippen LogP contribution in [0.5, 0.6) is 5.75 Å². The van der Waals surface area contributed by atoms with Crippen molar-refractivity contribution in [2.24, 2.45) is 0 Å². The highest BCUT2D eigenvalue weighted by molar-refractivity contribution is 6.32. The van der Waals surface area contributed by atoms with E-state index in [2.05, 4.69) is 5.32 Å². The van der Waals surface area contributed by atoms with Crippen molar-refractivity contribution in [3.05, 3.63) is 46.4 Å². The Hall–Kier alpha value is -2.14. The van der Waals surface area contributed by atoms with Gasteiger partial charge in [0.25, 0.3) is 0 Å². The molecule has 0 amide bonds. The van der Waals surface area contributed by atoms with Crippen molar-refractivity contribution >= 4 is 23.3 Å². The van der Waals surface area contributed by atoms with Crippen molar-refractivity contribution in [1.29, 1.82) is 0 Å². The molecule has 0 fully saturated rings. The van der Waals surface area contributed by atoms with Crippen LogP contribution in [0.15, 0.2) is 28.7 Å². The van der Waals surface area contributed by atoms with Gasteiger partial charge in [-0.15, -0.1) is 0 Å². The van der Waals surface area contributed by atoms with E-state index in [-0.39, 0.29) is 5.56 Å². The SMILES string of the molecule is COc1ccc(NCc2cc(C(=O)O)c(C)o2)cc1Cl. The van der Waals surface area contributed by atoms with Gasteiger partial charge in [-0.3, -0.25) is 0 Å². The standard InChI is InChI=1S/C14H14ClNO4/c1-8-11(14(17)18)6-10(20-8)7-16-9-3-4-13(19-2)12(15)5-9/h3-6,16H,7H2,1-2H3,(H,17,18). The molecule has 6 heteroatoms. The number of rotatable bonds is 5. The van der Waals surface area contributed by atoms with Crippen LogP contribution in [0.25, 0.3) is 0 Å². The zero-order valence-corrected chi connectivity index (χ0v) is 11.8. The number of hydrogen-bond donors (Lipinski definition) is 2. The third-order valence-corrected chi connectivity index (χ3v) is 3.11. The molecule has 0 spiro atoms. The summed E-state index contributed by atoms with van der Waals surface area (Å²) >= 11 is 6.02. The molecule has 1 heterocycles. The lowest BCUT2D eigenvalue weighted by Gasteiger charge is -2.07. The fourth-order valence-corrected chi connectivity index (χ4v) is 2.07. The molecule has 0 bridgehead atoms. The van der Waals surface area contributed by atoms with E-state index in [0.29, 0.717) is 28.8 Å². The molecule has 0 unspecified atom stereocenters. The monoisotopic (exact) mass is 295 g/mol. The number of carbonyl (C=O) groups is 1. The Morgan fingerprint density at radius 1 is 1.45 bits per heavy atom. The Morgan fingerprint density at radius 2 is 2.20 bits per heavy atom. The quantitative estimate of drug-likeness (QED) is 0.882. The Balaban J connectivity index is 2.07. The molecular formula is C14H14ClNO4. The molecule has 2 aromatic rings. The predicted octanol–water partition coefficient (Wildman–Crippen LogP) is 3.56. The molecule has 0 radical (unpaired) electrons. The van der Waals surface area contributed by atoms with E-state index < -0.39 is 5.97 Å². The second kappa shape index (κ2) is 5.88. The summed E-state index contributed by atoms with van der Waals surface area (Å²) in [4.78, 5) is 10.9. The summed E-state index contributed by atoms with van der Waals surface area (Å²) in [6, 6.07) is 6.81. The van der Waals surface area contributed by atoms with Crippen molar-refractivity contribution in [1.82, 2.24) is 0 Å². The number of aromatic carboxylic acids is 1. The van der Waals surface area contributed by atoms with E-state index in [9.17, 15) is 4.79 Å². The maximum Gasteiger partial charge on any atom is 0.339 e. The minimum absolute atomic E-state index is 0.176. The highest BCUT2D eigenvalue weighted by atomic mass is 35.5. The number of carboxylic acid groups (broad SMARTS) is 1. The van der Waals surface area contributed by atoms with Crippen LogP contribution in [-0.2, 0) is 6.54 Å². The molecule has 1 aromatic heterocycles. The molecule has 1 aromatic carbocycles. The number of anilines is 1. The van der Waals surface area contributed by atoms with Crippen LogP contribution >= 0.6 is 11.6 Å². The summed E-state index contributed by atoms with van der Waals surface area (Å²) in [5, 5.41) is 12.6. The number of methoxy groups -OCH3 is 1. The van der Waals surface area contributed by atoms with Crippen molar-refractivity contribution < 1.29 is 19.1 Å². The van der Waals surface area contributed by atoms with Gasteiger partial charge in [0.1, 0.15) is 22.8 Å². The fraction of sp³-hybridized carbons (Fsp3) is 0.214. The van der Waals surface area contributed by atoms with Crippen LogP contribution in [-0.4, -0.2) is 18.2 Å². The van der Waals surface area contributed by atoms with Gasteiger partial charge in [0.05, 0.1) is 18.7 Å². The lowest BCUT2D eigenvalue weighted by molar-refractivity contribution is 0.0695. The van der Waals surface area contributed by atoms with Gasteiger partial charge >= 0.3 is 5.97 Å². The predicted molar refractivity (Wildman–Crippen MR) is 75.7 cm³/mol. The molecule has 0 aliphatic rings. The van der Waals surface area contributed by atoms with E-state index in [4.69, 9.17) is 25.9 Å². The van der Waals surface area contributed by atoms with Gasteiger partial charge < -0.3 is 19.6 Å². The third-order valence-electron chi connectivity index (χ3n) is 2.82. The molecule has 2 N–H and O–H groups in total. The van der Waals surface area contributed by atoms with Gasteiger partial charge in [-0.1, -0.05) is 11.6 Å². The number of hydrogen-bond acceptors (Lipinski definition) is 4. The van der Waals surface area contributed by atoms with Gasteiger partial charge in [0.15, 0.2) is 0 Å².